The van der Waals surface area contributed by atoms with Gasteiger partial charge in [-0.05, 0) is 44.1 Å². The molecule has 0 bridgehead atoms. The van der Waals surface area contributed by atoms with Crippen molar-refractivity contribution in [2.24, 2.45) is 11.7 Å². The molecule has 0 saturated carbocycles. The van der Waals surface area contributed by atoms with Crippen LogP contribution in [0.15, 0.2) is 18.2 Å². The Hall–Kier alpha value is -1.39. The molecule has 2 unspecified atom stereocenters. The minimum atomic E-state index is -0.461. The molecule has 0 aliphatic carbocycles. The highest BCUT2D eigenvalue weighted by atomic mass is 16.2. The third-order valence-electron chi connectivity index (χ3n) is 3.62. The van der Waals surface area contributed by atoms with E-state index in [4.69, 9.17) is 5.73 Å². The maximum absolute atomic E-state index is 12.2. The Balaban J connectivity index is 2.83. The highest BCUT2D eigenvalue weighted by molar-refractivity contribution is 5.95. The summed E-state index contributed by atoms with van der Waals surface area (Å²) in [4.78, 5) is 14.3. The molecular weight excluding hydrogens is 250 g/mol. The summed E-state index contributed by atoms with van der Waals surface area (Å²) in [6, 6.07) is 5.68. The first-order chi connectivity index (χ1) is 9.35. The van der Waals surface area contributed by atoms with E-state index in [2.05, 4.69) is 16.3 Å². The van der Waals surface area contributed by atoms with Gasteiger partial charge in [0.25, 0.3) is 0 Å². The number of nitrogens with one attached hydrogen (secondary N) is 1. The molecule has 0 saturated heterocycles. The first-order valence-corrected chi connectivity index (χ1v) is 7.15. The molecule has 0 aliphatic heterocycles. The van der Waals surface area contributed by atoms with Crippen LogP contribution in [0.5, 0.6) is 0 Å². The van der Waals surface area contributed by atoms with Crippen molar-refractivity contribution < 1.29 is 4.79 Å². The van der Waals surface area contributed by atoms with Gasteiger partial charge in [0, 0.05) is 12.2 Å². The fourth-order valence-corrected chi connectivity index (χ4v) is 2.00. The number of nitrogens with zero attached hydrogens (tertiary/aromatic N) is 1. The van der Waals surface area contributed by atoms with Crippen LogP contribution in [0.1, 0.15) is 31.4 Å². The number of aryl methyl sites for hydroxylation is 1. The summed E-state index contributed by atoms with van der Waals surface area (Å²) in [6.07, 6.45) is 0.897. The van der Waals surface area contributed by atoms with E-state index in [0.29, 0.717) is 0 Å². The average Bonchev–Trinajstić information content (AvgIpc) is 2.40. The van der Waals surface area contributed by atoms with Gasteiger partial charge in [0.2, 0.25) is 5.91 Å². The zero-order chi connectivity index (χ0) is 15.3. The Morgan fingerprint density at radius 3 is 2.60 bits per heavy atom. The quantitative estimate of drug-likeness (QED) is 0.839. The van der Waals surface area contributed by atoms with E-state index < -0.39 is 6.04 Å². The molecule has 3 N–H and O–H groups in total. The monoisotopic (exact) mass is 277 g/mol. The number of carbonyl (C=O) groups is 1. The van der Waals surface area contributed by atoms with Gasteiger partial charge in [-0.3, -0.25) is 4.79 Å². The van der Waals surface area contributed by atoms with E-state index in [1.807, 2.05) is 47.0 Å². The molecule has 0 heterocycles. The minimum absolute atomic E-state index is 0.107. The Morgan fingerprint density at radius 1 is 1.40 bits per heavy atom. The summed E-state index contributed by atoms with van der Waals surface area (Å²) in [5.74, 6) is 0.0738. The fraction of sp³-hybridized carbons (Fsp3) is 0.562. The molecule has 0 spiro atoms. The second-order valence-electron chi connectivity index (χ2n) is 5.79. The number of rotatable bonds is 6. The lowest BCUT2D eigenvalue weighted by atomic mass is 9.99. The maximum atomic E-state index is 12.2. The van der Waals surface area contributed by atoms with Crippen molar-refractivity contribution in [2.75, 3.05) is 19.4 Å². The van der Waals surface area contributed by atoms with Crippen molar-refractivity contribution in [2.45, 2.75) is 39.8 Å². The predicted octanol–water partition coefficient (Wildman–Crippen LogP) is 2.37. The minimum Gasteiger partial charge on any atom is -0.324 e. The molecule has 1 rings (SSSR count). The predicted molar refractivity (Wildman–Crippen MR) is 84.6 cm³/mol. The average molecular weight is 277 g/mol. The van der Waals surface area contributed by atoms with E-state index >= 15 is 0 Å². The Bertz CT molecular complexity index is 457. The molecule has 0 aromatic heterocycles. The third kappa shape index (κ3) is 4.62. The summed E-state index contributed by atoms with van der Waals surface area (Å²) >= 11 is 0. The van der Waals surface area contributed by atoms with Gasteiger partial charge in [-0.1, -0.05) is 32.4 Å². The zero-order valence-electron chi connectivity index (χ0n) is 13.2. The molecule has 1 aromatic rings. The largest absolute Gasteiger partial charge is 0.324 e. The molecule has 0 aliphatic rings. The Kier molecular flexibility index (Phi) is 6.17. The molecular formula is C16H27N3O. The van der Waals surface area contributed by atoms with Crippen LogP contribution in [-0.2, 0) is 11.3 Å². The fourth-order valence-electron chi connectivity index (χ4n) is 2.00. The van der Waals surface area contributed by atoms with Crippen molar-refractivity contribution in [1.82, 2.24) is 4.90 Å². The summed E-state index contributed by atoms with van der Waals surface area (Å²) in [7, 11) is 4.05. The van der Waals surface area contributed by atoms with E-state index in [-0.39, 0.29) is 11.8 Å². The lowest BCUT2D eigenvalue weighted by molar-refractivity contribution is -0.118. The Morgan fingerprint density at radius 2 is 2.05 bits per heavy atom. The third-order valence-corrected chi connectivity index (χ3v) is 3.62. The van der Waals surface area contributed by atoms with Crippen LogP contribution in [0, 0.1) is 12.8 Å². The van der Waals surface area contributed by atoms with Gasteiger partial charge in [0.1, 0.15) is 0 Å². The lowest BCUT2D eigenvalue weighted by Gasteiger charge is -2.19. The van der Waals surface area contributed by atoms with Crippen LogP contribution >= 0.6 is 0 Å². The molecule has 4 heteroatoms. The number of hydrogen-bond acceptors (Lipinski definition) is 3. The summed E-state index contributed by atoms with van der Waals surface area (Å²) in [5, 5.41) is 2.96. The van der Waals surface area contributed by atoms with Gasteiger partial charge in [0.15, 0.2) is 0 Å². The molecule has 1 aromatic carbocycles. The molecule has 20 heavy (non-hydrogen) atoms. The van der Waals surface area contributed by atoms with Gasteiger partial charge in [0.05, 0.1) is 6.04 Å². The second kappa shape index (κ2) is 7.41. The SMILES string of the molecule is CCC(C)C(N)C(=O)Nc1cc(CN(C)C)ccc1C. The molecule has 4 nitrogen and oxygen atoms in total. The summed E-state index contributed by atoms with van der Waals surface area (Å²) in [6.45, 7) is 6.88. The van der Waals surface area contributed by atoms with Crippen molar-refractivity contribution in [1.29, 1.82) is 0 Å². The van der Waals surface area contributed by atoms with Crippen molar-refractivity contribution in [3.05, 3.63) is 29.3 Å². The maximum Gasteiger partial charge on any atom is 0.241 e. The summed E-state index contributed by atoms with van der Waals surface area (Å²) < 4.78 is 0. The Labute approximate surface area is 122 Å². The first kappa shape index (κ1) is 16.7. The van der Waals surface area contributed by atoms with E-state index in [1.165, 1.54) is 5.56 Å². The van der Waals surface area contributed by atoms with E-state index in [9.17, 15) is 4.79 Å². The lowest BCUT2D eigenvalue weighted by Crippen LogP contribution is -2.40. The van der Waals surface area contributed by atoms with Gasteiger partial charge in [-0.15, -0.1) is 0 Å². The van der Waals surface area contributed by atoms with Crippen LogP contribution in [0.3, 0.4) is 0 Å². The van der Waals surface area contributed by atoms with Gasteiger partial charge in [-0.25, -0.2) is 0 Å². The van der Waals surface area contributed by atoms with Crippen molar-refractivity contribution in [3.63, 3.8) is 0 Å². The van der Waals surface area contributed by atoms with Crippen LogP contribution in [0.25, 0.3) is 0 Å². The van der Waals surface area contributed by atoms with Crippen molar-refractivity contribution >= 4 is 11.6 Å². The standard InChI is InChI=1S/C16H27N3O/c1-6-11(2)15(17)16(20)18-14-9-13(10-19(4)5)8-7-12(14)3/h7-9,11,15H,6,10,17H2,1-5H3,(H,18,20). The second-order valence-corrected chi connectivity index (χ2v) is 5.79. The highest BCUT2D eigenvalue weighted by Crippen LogP contribution is 2.18. The van der Waals surface area contributed by atoms with Crippen LogP contribution in [0.4, 0.5) is 5.69 Å². The smallest absolute Gasteiger partial charge is 0.241 e. The molecule has 0 radical (unpaired) electrons. The van der Waals surface area contributed by atoms with Gasteiger partial charge < -0.3 is 16.0 Å². The van der Waals surface area contributed by atoms with Gasteiger partial charge in [-0.2, -0.15) is 0 Å². The topological polar surface area (TPSA) is 58.4 Å². The zero-order valence-corrected chi connectivity index (χ0v) is 13.2. The normalized spacial score (nSPS) is 14.2. The molecule has 2 atom stereocenters. The molecule has 0 fully saturated rings. The number of hydrogen-bond donors (Lipinski definition) is 2. The van der Waals surface area contributed by atoms with E-state index in [0.717, 1.165) is 24.2 Å². The number of nitrogens with two attached hydrogens (primary N) is 1. The van der Waals surface area contributed by atoms with Crippen LogP contribution < -0.4 is 11.1 Å². The number of benzene rings is 1. The first-order valence-electron chi connectivity index (χ1n) is 7.15. The van der Waals surface area contributed by atoms with Crippen LogP contribution in [0.2, 0.25) is 0 Å². The van der Waals surface area contributed by atoms with E-state index in [1.54, 1.807) is 0 Å². The highest BCUT2D eigenvalue weighted by Gasteiger charge is 2.19. The summed E-state index contributed by atoms with van der Waals surface area (Å²) in [5.41, 5.74) is 9.05. The van der Waals surface area contributed by atoms with Gasteiger partial charge >= 0.3 is 0 Å². The molecule has 1 amide bonds. The van der Waals surface area contributed by atoms with Crippen LogP contribution in [-0.4, -0.2) is 30.9 Å². The molecule has 112 valence electrons. The number of carbonyl (C=O) groups excluding carboxylic acids is 1. The van der Waals surface area contributed by atoms with Crippen molar-refractivity contribution in [3.8, 4) is 0 Å². The number of anilines is 1. The number of amides is 1.